The lowest BCUT2D eigenvalue weighted by Gasteiger charge is -2.20. The maximum absolute atomic E-state index is 11.7. The molecular weight excluding hydrogens is 278 g/mol. The van der Waals surface area contributed by atoms with Gasteiger partial charge in [0.15, 0.2) is 5.96 Å². The van der Waals surface area contributed by atoms with Crippen LogP contribution in [0.15, 0.2) is 4.99 Å². The van der Waals surface area contributed by atoms with E-state index in [1.54, 1.807) is 7.05 Å². The van der Waals surface area contributed by atoms with Crippen LogP contribution in [-0.2, 0) is 4.79 Å². The first-order valence-electron chi connectivity index (χ1n) is 8.61. The van der Waals surface area contributed by atoms with Crippen molar-refractivity contribution in [2.75, 3.05) is 46.3 Å². The van der Waals surface area contributed by atoms with Crippen LogP contribution in [0.2, 0.25) is 0 Å². The lowest BCUT2D eigenvalue weighted by molar-refractivity contribution is -0.129. The Hall–Kier alpha value is -1.30. The van der Waals surface area contributed by atoms with Crippen LogP contribution in [0, 0.1) is 0 Å². The lowest BCUT2D eigenvalue weighted by atomic mass is 10.3. The van der Waals surface area contributed by atoms with Crippen LogP contribution in [0.25, 0.3) is 0 Å². The minimum atomic E-state index is 0.242. The standard InChI is InChI=1S/C16H33N5O/c1-5-15(22)21-12-9-14(13-21)19-16(17-4)18-10-8-11-20(6-2)7-3/h14H,5-13H2,1-4H3,(H2,17,18,19). The van der Waals surface area contributed by atoms with Crippen molar-refractivity contribution in [3.05, 3.63) is 0 Å². The molecule has 1 fully saturated rings. The minimum Gasteiger partial charge on any atom is -0.356 e. The van der Waals surface area contributed by atoms with Gasteiger partial charge < -0.3 is 20.4 Å². The van der Waals surface area contributed by atoms with Crippen LogP contribution in [0.3, 0.4) is 0 Å². The topological polar surface area (TPSA) is 60.0 Å². The van der Waals surface area contributed by atoms with Crippen molar-refractivity contribution in [2.45, 2.75) is 46.1 Å². The molecule has 0 saturated carbocycles. The molecule has 6 nitrogen and oxygen atoms in total. The molecule has 1 amide bonds. The van der Waals surface area contributed by atoms with Crippen LogP contribution >= 0.6 is 0 Å². The minimum absolute atomic E-state index is 0.242. The summed E-state index contributed by atoms with van der Waals surface area (Å²) in [5.41, 5.74) is 0. The first-order chi connectivity index (χ1) is 10.6. The summed E-state index contributed by atoms with van der Waals surface area (Å²) in [7, 11) is 1.80. The van der Waals surface area contributed by atoms with Crippen LogP contribution in [0.1, 0.15) is 40.0 Å². The number of likely N-dealkylation sites (tertiary alicyclic amines) is 1. The average molecular weight is 311 g/mol. The summed E-state index contributed by atoms with van der Waals surface area (Å²) < 4.78 is 0. The maximum atomic E-state index is 11.7. The lowest BCUT2D eigenvalue weighted by Crippen LogP contribution is -2.45. The molecule has 22 heavy (non-hydrogen) atoms. The van der Waals surface area contributed by atoms with Gasteiger partial charge in [-0.3, -0.25) is 9.79 Å². The van der Waals surface area contributed by atoms with E-state index in [-0.39, 0.29) is 5.91 Å². The summed E-state index contributed by atoms with van der Waals surface area (Å²) in [6.07, 6.45) is 2.68. The highest BCUT2D eigenvalue weighted by molar-refractivity contribution is 5.80. The van der Waals surface area contributed by atoms with Crippen LogP contribution < -0.4 is 10.6 Å². The summed E-state index contributed by atoms with van der Waals surface area (Å²) in [4.78, 5) is 20.3. The fourth-order valence-electron chi connectivity index (χ4n) is 2.77. The molecule has 0 radical (unpaired) electrons. The zero-order valence-electron chi connectivity index (χ0n) is 14.7. The number of hydrogen-bond donors (Lipinski definition) is 2. The van der Waals surface area contributed by atoms with Crippen LogP contribution in [0.5, 0.6) is 0 Å². The van der Waals surface area contributed by atoms with Gasteiger partial charge in [0.05, 0.1) is 0 Å². The maximum Gasteiger partial charge on any atom is 0.222 e. The molecule has 6 heteroatoms. The zero-order chi connectivity index (χ0) is 16.4. The summed E-state index contributed by atoms with van der Waals surface area (Å²) in [6.45, 7) is 12.2. The number of amides is 1. The van der Waals surface area contributed by atoms with E-state index in [4.69, 9.17) is 0 Å². The van der Waals surface area contributed by atoms with Crippen molar-refractivity contribution in [3.8, 4) is 0 Å². The van der Waals surface area contributed by atoms with E-state index < -0.39 is 0 Å². The molecular formula is C16H33N5O. The number of rotatable bonds is 8. The molecule has 1 aliphatic rings. The Kier molecular flexibility index (Phi) is 8.89. The number of guanidine groups is 1. The van der Waals surface area contributed by atoms with Gasteiger partial charge in [-0.25, -0.2) is 0 Å². The third kappa shape index (κ3) is 6.22. The van der Waals surface area contributed by atoms with E-state index in [1.807, 2.05) is 11.8 Å². The molecule has 1 heterocycles. The second-order valence-electron chi connectivity index (χ2n) is 5.70. The Morgan fingerprint density at radius 1 is 1.32 bits per heavy atom. The third-order valence-corrected chi connectivity index (χ3v) is 4.25. The van der Waals surface area contributed by atoms with Gasteiger partial charge in [0, 0.05) is 39.1 Å². The van der Waals surface area contributed by atoms with E-state index in [0.29, 0.717) is 12.5 Å². The highest BCUT2D eigenvalue weighted by Gasteiger charge is 2.25. The molecule has 1 aliphatic heterocycles. The fraction of sp³-hybridized carbons (Fsp3) is 0.875. The van der Waals surface area contributed by atoms with Gasteiger partial charge in [0.2, 0.25) is 5.91 Å². The monoisotopic (exact) mass is 311 g/mol. The molecule has 1 rings (SSSR count). The zero-order valence-corrected chi connectivity index (χ0v) is 14.7. The first-order valence-corrected chi connectivity index (χ1v) is 8.61. The molecule has 0 aromatic rings. The Labute approximate surface area is 135 Å². The molecule has 0 bridgehead atoms. The summed E-state index contributed by atoms with van der Waals surface area (Å²) in [6, 6.07) is 0.310. The predicted octanol–water partition coefficient (Wildman–Crippen LogP) is 0.894. The average Bonchev–Trinajstić information content (AvgIpc) is 3.01. The van der Waals surface area contributed by atoms with Gasteiger partial charge in [-0.1, -0.05) is 20.8 Å². The third-order valence-electron chi connectivity index (χ3n) is 4.25. The van der Waals surface area contributed by atoms with Crippen molar-refractivity contribution >= 4 is 11.9 Å². The molecule has 1 saturated heterocycles. The van der Waals surface area contributed by atoms with Crippen molar-refractivity contribution in [2.24, 2.45) is 4.99 Å². The van der Waals surface area contributed by atoms with Gasteiger partial charge in [0.1, 0.15) is 0 Å². The Morgan fingerprint density at radius 3 is 2.64 bits per heavy atom. The Balaban J connectivity index is 2.25. The highest BCUT2D eigenvalue weighted by Crippen LogP contribution is 2.10. The molecule has 128 valence electrons. The second-order valence-corrected chi connectivity index (χ2v) is 5.70. The number of nitrogens with one attached hydrogen (secondary N) is 2. The number of nitrogens with zero attached hydrogens (tertiary/aromatic N) is 3. The van der Waals surface area contributed by atoms with Crippen molar-refractivity contribution in [3.63, 3.8) is 0 Å². The summed E-state index contributed by atoms with van der Waals surface area (Å²) >= 11 is 0. The molecule has 0 aromatic carbocycles. The normalized spacial score (nSPS) is 18.9. The molecule has 1 atom stereocenters. The molecule has 0 spiro atoms. The van der Waals surface area contributed by atoms with E-state index in [2.05, 4.69) is 34.4 Å². The van der Waals surface area contributed by atoms with E-state index in [0.717, 1.165) is 58.1 Å². The fourth-order valence-corrected chi connectivity index (χ4v) is 2.77. The summed E-state index contributed by atoms with van der Waals surface area (Å²) in [5, 5.41) is 6.79. The number of carbonyl (C=O) groups excluding carboxylic acids is 1. The Bertz CT molecular complexity index is 354. The Morgan fingerprint density at radius 2 is 2.05 bits per heavy atom. The first kappa shape index (κ1) is 18.7. The molecule has 0 aliphatic carbocycles. The quantitative estimate of drug-likeness (QED) is 0.397. The predicted molar refractivity (Wildman–Crippen MR) is 92.2 cm³/mol. The SMILES string of the molecule is CCC(=O)N1CCC(NC(=NC)NCCCN(CC)CC)C1. The van der Waals surface area contributed by atoms with E-state index in [1.165, 1.54) is 0 Å². The van der Waals surface area contributed by atoms with Gasteiger partial charge in [-0.2, -0.15) is 0 Å². The van der Waals surface area contributed by atoms with Gasteiger partial charge >= 0.3 is 0 Å². The highest BCUT2D eigenvalue weighted by atomic mass is 16.2. The number of aliphatic imine (C=N–C) groups is 1. The van der Waals surface area contributed by atoms with E-state index in [9.17, 15) is 4.79 Å². The molecule has 1 unspecified atom stereocenters. The van der Waals surface area contributed by atoms with Gasteiger partial charge in [0.25, 0.3) is 0 Å². The number of carbonyl (C=O) groups is 1. The van der Waals surface area contributed by atoms with Crippen LogP contribution in [0.4, 0.5) is 0 Å². The molecule has 2 N–H and O–H groups in total. The van der Waals surface area contributed by atoms with Crippen LogP contribution in [-0.4, -0.2) is 74.0 Å². The summed E-state index contributed by atoms with van der Waals surface area (Å²) in [5.74, 6) is 1.09. The molecule has 0 aromatic heterocycles. The van der Waals surface area contributed by atoms with Crippen molar-refractivity contribution < 1.29 is 4.79 Å². The second kappa shape index (κ2) is 10.4. The number of hydrogen-bond acceptors (Lipinski definition) is 3. The van der Waals surface area contributed by atoms with Gasteiger partial charge in [-0.15, -0.1) is 0 Å². The van der Waals surface area contributed by atoms with Gasteiger partial charge in [-0.05, 0) is 32.5 Å². The smallest absolute Gasteiger partial charge is 0.222 e. The largest absolute Gasteiger partial charge is 0.356 e. The van der Waals surface area contributed by atoms with Crippen molar-refractivity contribution in [1.82, 2.24) is 20.4 Å². The van der Waals surface area contributed by atoms with E-state index >= 15 is 0 Å². The van der Waals surface area contributed by atoms with Crippen molar-refractivity contribution in [1.29, 1.82) is 0 Å².